The van der Waals surface area contributed by atoms with Crippen LogP contribution in [0.2, 0.25) is 0 Å². The standard InChI is InChI=1S/C21H37ClN8O3S/c1-24-21(31)27-14-4-2-12(3-5-14)16-10-13(6-8-25-16)15-7-9-26-20(28-15)30-18-11-17(19(22)29-18)34(23,32)33/h11-16,19-20,25-26,28H,2-10H2,1H3,(H,29,30)(H2,23,32,33)(H2,24,27,31). The lowest BCUT2D eigenvalue weighted by molar-refractivity contribution is 0.137. The lowest BCUT2D eigenvalue weighted by Crippen LogP contribution is -2.64. The fraction of sp³-hybridized carbons (Fsp3) is 0.810. The zero-order valence-electron chi connectivity index (χ0n) is 19.5. The van der Waals surface area contributed by atoms with E-state index in [4.69, 9.17) is 16.7 Å². The molecule has 1 saturated carbocycles. The Morgan fingerprint density at radius 3 is 2.50 bits per heavy atom. The second-order valence-electron chi connectivity index (χ2n) is 9.72. The lowest BCUT2D eigenvalue weighted by atomic mass is 9.75. The number of alkyl halides is 1. The molecular formula is C21H37ClN8O3S. The first-order chi connectivity index (χ1) is 16.2. The number of primary sulfonamides is 1. The molecule has 4 rings (SSSR count). The molecule has 0 aromatic heterocycles. The first-order valence-electron chi connectivity index (χ1n) is 12.2. The minimum absolute atomic E-state index is 0.0922. The van der Waals surface area contributed by atoms with Gasteiger partial charge in [-0.2, -0.15) is 0 Å². The van der Waals surface area contributed by atoms with Crippen molar-refractivity contribution in [3.8, 4) is 0 Å². The van der Waals surface area contributed by atoms with Crippen LogP contribution in [0.4, 0.5) is 4.79 Å². The molecule has 3 fully saturated rings. The number of carbonyl (C=O) groups excluding carboxylic acids is 1. The van der Waals surface area contributed by atoms with Crippen molar-refractivity contribution in [1.29, 1.82) is 0 Å². The minimum Gasteiger partial charge on any atom is -0.343 e. The van der Waals surface area contributed by atoms with Crippen molar-refractivity contribution in [2.24, 2.45) is 22.0 Å². The number of amidine groups is 1. The van der Waals surface area contributed by atoms with Gasteiger partial charge in [0.15, 0.2) is 5.50 Å². The van der Waals surface area contributed by atoms with Crippen LogP contribution in [0.1, 0.15) is 44.9 Å². The number of hydrogen-bond acceptors (Lipinski definition) is 8. The molecule has 5 atom stereocenters. The predicted molar refractivity (Wildman–Crippen MR) is 133 cm³/mol. The predicted octanol–water partition coefficient (Wildman–Crippen LogP) is -0.183. The van der Waals surface area contributed by atoms with Crippen LogP contribution in [0.3, 0.4) is 0 Å². The summed E-state index contributed by atoms with van der Waals surface area (Å²) in [6.45, 7) is 1.86. The molecule has 13 heteroatoms. The van der Waals surface area contributed by atoms with E-state index in [1.165, 1.54) is 6.08 Å². The fourth-order valence-electron chi connectivity index (χ4n) is 5.70. The van der Waals surface area contributed by atoms with Crippen molar-refractivity contribution in [1.82, 2.24) is 31.9 Å². The molecule has 8 N–H and O–H groups in total. The molecule has 0 radical (unpaired) electrons. The number of nitrogens with one attached hydrogen (secondary N) is 6. The first-order valence-corrected chi connectivity index (χ1v) is 14.1. The molecule has 34 heavy (non-hydrogen) atoms. The Labute approximate surface area is 206 Å². The van der Waals surface area contributed by atoms with Gasteiger partial charge in [-0.1, -0.05) is 11.6 Å². The highest BCUT2D eigenvalue weighted by Crippen LogP contribution is 2.33. The summed E-state index contributed by atoms with van der Waals surface area (Å²) in [5.41, 5.74) is -0.997. The van der Waals surface area contributed by atoms with Crippen LogP contribution < -0.4 is 37.0 Å². The molecule has 0 aromatic carbocycles. The number of carbonyl (C=O) groups is 1. The summed E-state index contributed by atoms with van der Waals surface area (Å²) in [6.07, 6.45) is 8.75. The fourth-order valence-corrected chi connectivity index (χ4v) is 6.84. The summed E-state index contributed by atoms with van der Waals surface area (Å²) in [5.74, 6) is 1.60. The third-order valence-electron chi connectivity index (χ3n) is 7.52. The molecule has 2 saturated heterocycles. The molecule has 3 heterocycles. The Kier molecular flexibility index (Phi) is 8.36. The normalized spacial score (nSPS) is 36.9. The number of rotatable bonds is 5. The van der Waals surface area contributed by atoms with Gasteiger partial charge in [0.25, 0.3) is 0 Å². The summed E-state index contributed by atoms with van der Waals surface area (Å²) in [6, 6.07) is 1.02. The van der Waals surface area contributed by atoms with Gasteiger partial charge in [-0.25, -0.2) is 23.3 Å². The van der Waals surface area contributed by atoms with E-state index in [-0.39, 0.29) is 23.3 Å². The number of aliphatic imine (C=N–C) groups is 1. The number of halogens is 1. The molecule has 1 aliphatic carbocycles. The summed E-state index contributed by atoms with van der Waals surface area (Å²) >= 11 is 6.03. The Balaban J connectivity index is 1.28. The molecule has 11 nitrogen and oxygen atoms in total. The topological polar surface area (TPSA) is 162 Å². The van der Waals surface area contributed by atoms with E-state index in [2.05, 4.69) is 36.9 Å². The van der Waals surface area contributed by atoms with E-state index in [0.717, 1.165) is 58.0 Å². The van der Waals surface area contributed by atoms with Crippen LogP contribution in [-0.4, -0.2) is 70.3 Å². The highest BCUT2D eigenvalue weighted by Gasteiger charge is 2.36. The summed E-state index contributed by atoms with van der Waals surface area (Å²) in [4.78, 5) is 15.7. The largest absolute Gasteiger partial charge is 0.343 e. The number of hydrogen-bond donors (Lipinski definition) is 7. The smallest absolute Gasteiger partial charge is 0.314 e. The van der Waals surface area contributed by atoms with Crippen LogP contribution >= 0.6 is 11.6 Å². The molecular weight excluding hydrogens is 480 g/mol. The monoisotopic (exact) mass is 516 g/mol. The first kappa shape index (κ1) is 25.6. The van der Waals surface area contributed by atoms with Crippen molar-refractivity contribution < 1.29 is 13.2 Å². The van der Waals surface area contributed by atoms with E-state index < -0.39 is 15.5 Å². The van der Waals surface area contributed by atoms with Crippen molar-refractivity contribution in [3.63, 3.8) is 0 Å². The molecule has 0 aromatic rings. The van der Waals surface area contributed by atoms with Crippen LogP contribution in [0, 0.1) is 11.8 Å². The molecule has 0 bridgehead atoms. The second-order valence-corrected chi connectivity index (χ2v) is 11.7. The van der Waals surface area contributed by atoms with E-state index in [1.54, 1.807) is 7.05 Å². The molecule has 192 valence electrons. The van der Waals surface area contributed by atoms with Crippen molar-refractivity contribution in [3.05, 3.63) is 11.0 Å². The van der Waals surface area contributed by atoms with Gasteiger partial charge in [0.05, 0.1) is 0 Å². The summed E-state index contributed by atoms with van der Waals surface area (Å²) < 4.78 is 23.3. The second kappa shape index (κ2) is 11.1. The highest BCUT2D eigenvalue weighted by molar-refractivity contribution is 7.93. The van der Waals surface area contributed by atoms with Gasteiger partial charge in [-0.15, -0.1) is 0 Å². The van der Waals surface area contributed by atoms with Crippen molar-refractivity contribution in [2.75, 3.05) is 20.1 Å². The molecule has 2 amide bonds. The molecule has 3 aliphatic heterocycles. The Morgan fingerprint density at radius 1 is 1.09 bits per heavy atom. The lowest BCUT2D eigenvalue weighted by Gasteiger charge is -2.43. The van der Waals surface area contributed by atoms with Crippen molar-refractivity contribution >= 4 is 33.5 Å². The number of urea groups is 1. The van der Waals surface area contributed by atoms with E-state index in [1.807, 2.05) is 0 Å². The number of amides is 2. The van der Waals surface area contributed by atoms with Crippen LogP contribution in [0.5, 0.6) is 0 Å². The molecule has 0 spiro atoms. The maximum atomic E-state index is 11.6. The number of nitrogens with zero attached hydrogens (tertiary/aromatic N) is 1. The van der Waals surface area contributed by atoms with Gasteiger partial charge in [-0.3, -0.25) is 10.6 Å². The maximum absolute atomic E-state index is 11.6. The van der Waals surface area contributed by atoms with E-state index in [0.29, 0.717) is 29.8 Å². The zero-order chi connectivity index (χ0) is 24.3. The Morgan fingerprint density at radius 2 is 1.82 bits per heavy atom. The third kappa shape index (κ3) is 6.41. The minimum atomic E-state index is -3.88. The van der Waals surface area contributed by atoms with Gasteiger partial charge in [0, 0.05) is 25.2 Å². The maximum Gasteiger partial charge on any atom is 0.314 e. The quantitative estimate of drug-likeness (QED) is 0.197. The molecule has 4 aliphatic rings. The van der Waals surface area contributed by atoms with Crippen LogP contribution in [0.25, 0.3) is 0 Å². The Hall–Kier alpha value is -1.44. The highest BCUT2D eigenvalue weighted by atomic mass is 35.5. The third-order valence-corrected chi connectivity index (χ3v) is 8.98. The SMILES string of the molecule is CNC(=O)NC1CCC(C2CC(C3CCNC(NC4=NC(Cl)C(S(N)(=O)=O)=C4)N3)CCN2)CC1. The molecule has 5 unspecified atom stereocenters. The summed E-state index contributed by atoms with van der Waals surface area (Å²) in [7, 11) is -2.23. The van der Waals surface area contributed by atoms with Crippen LogP contribution in [-0.2, 0) is 10.0 Å². The number of nitrogens with two attached hydrogens (primary N) is 1. The van der Waals surface area contributed by atoms with E-state index >= 15 is 0 Å². The van der Waals surface area contributed by atoms with Gasteiger partial charge in [0.2, 0.25) is 10.0 Å². The van der Waals surface area contributed by atoms with Gasteiger partial charge >= 0.3 is 6.03 Å². The number of piperidine rings is 1. The van der Waals surface area contributed by atoms with Crippen molar-refractivity contribution in [2.45, 2.75) is 74.9 Å². The van der Waals surface area contributed by atoms with Gasteiger partial charge in [0.1, 0.15) is 17.0 Å². The van der Waals surface area contributed by atoms with Crippen LogP contribution in [0.15, 0.2) is 16.0 Å². The van der Waals surface area contributed by atoms with E-state index in [9.17, 15) is 13.2 Å². The number of sulfonamides is 1. The average molecular weight is 517 g/mol. The average Bonchev–Trinajstić information content (AvgIpc) is 3.20. The summed E-state index contributed by atoms with van der Waals surface area (Å²) in [5, 5.41) is 24.9. The zero-order valence-corrected chi connectivity index (χ0v) is 21.1. The Bertz CT molecular complexity index is 906. The van der Waals surface area contributed by atoms with Gasteiger partial charge < -0.3 is 21.3 Å². The van der Waals surface area contributed by atoms with Gasteiger partial charge in [-0.05, 0) is 75.9 Å².